The summed E-state index contributed by atoms with van der Waals surface area (Å²) >= 11 is 11.3. The first-order chi connectivity index (χ1) is 9.06. The molecule has 0 atom stereocenters. The Balaban J connectivity index is 2.65. The molecule has 0 spiro atoms. The van der Waals surface area contributed by atoms with Gasteiger partial charge in [0.15, 0.2) is 0 Å². The van der Waals surface area contributed by atoms with Gasteiger partial charge in [-0.3, -0.25) is 14.9 Å². The first-order valence-electron chi connectivity index (χ1n) is 5.84. The van der Waals surface area contributed by atoms with Gasteiger partial charge in [-0.15, -0.1) is 11.6 Å². The first kappa shape index (κ1) is 15.7. The van der Waals surface area contributed by atoms with E-state index in [1.807, 2.05) is 0 Å². The molecule has 1 aromatic rings. The van der Waals surface area contributed by atoms with Gasteiger partial charge in [0.25, 0.3) is 11.6 Å². The predicted octanol–water partition coefficient (Wildman–Crippen LogP) is 3.39. The smallest absolute Gasteiger partial charge is 0.282 e. The largest absolute Gasteiger partial charge is 0.352 e. The van der Waals surface area contributed by atoms with Crippen molar-refractivity contribution in [2.45, 2.75) is 19.3 Å². The summed E-state index contributed by atoms with van der Waals surface area (Å²) in [5, 5.41) is 13.7. The second kappa shape index (κ2) is 7.96. The number of nitro benzene ring substituents is 1. The maximum Gasteiger partial charge on any atom is 0.282 e. The molecule has 1 N–H and O–H groups in total. The Labute approximate surface area is 121 Å². The van der Waals surface area contributed by atoms with E-state index < -0.39 is 10.8 Å². The van der Waals surface area contributed by atoms with E-state index in [2.05, 4.69) is 5.32 Å². The van der Waals surface area contributed by atoms with Gasteiger partial charge in [-0.05, 0) is 25.0 Å². The summed E-state index contributed by atoms with van der Waals surface area (Å²) in [6, 6.07) is 3.91. The fraction of sp³-hybridized carbons (Fsp3) is 0.417. The van der Waals surface area contributed by atoms with Gasteiger partial charge >= 0.3 is 0 Å². The summed E-state index contributed by atoms with van der Waals surface area (Å²) in [6.45, 7) is 0.458. The minimum atomic E-state index is -0.598. The summed E-state index contributed by atoms with van der Waals surface area (Å²) in [5.41, 5.74) is -0.266. The average molecular weight is 305 g/mol. The summed E-state index contributed by atoms with van der Waals surface area (Å²) in [7, 11) is 0. The Kier molecular flexibility index (Phi) is 6.59. The van der Waals surface area contributed by atoms with E-state index in [-0.39, 0.29) is 16.3 Å². The SMILES string of the molecule is O=C(NCCCCCCl)c1cc(Cl)ccc1[N+](=O)[O-]. The third-order valence-electron chi connectivity index (χ3n) is 2.50. The van der Waals surface area contributed by atoms with E-state index in [0.717, 1.165) is 19.3 Å². The highest BCUT2D eigenvalue weighted by Crippen LogP contribution is 2.22. The molecule has 0 bridgehead atoms. The van der Waals surface area contributed by atoms with Crippen molar-refractivity contribution in [2.75, 3.05) is 12.4 Å². The Morgan fingerprint density at radius 2 is 2.05 bits per heavy atom. The van der Waals surface area contributed by atoms with E-state index in [9.17, 15) is 14.9 Å². The molecule has 1 amide bonds. The predicted molar refractivity (Wildman–Crippen MR) is 75.0 cm³/mol. The van der Waals surface area contributed by atoms with Crippen LogP contribution in [0.5, 0.6) is 0 Å². The maximum atomic E-state index is 11.9. The molecule has 104 valence electrons. The minimum Gasteiger partial charge on any atom is -0.352 e. The van der Waals surface area contributed by atoms with Gasteiger partial charge < -0.3 is 5.32 Å². The molecule has 7 heteroatoms. The number of alkyl halides is 1. The molecular formula is C12H14Cl2N2O3. The van der Waals surface area contributed by atoms with E-state index in [0.29, 0.717) is 12.4 Å². The van der Waals surface area contributed by atoms with Gasteiger partial charge in [-0.1, -0.05) is 18.0 Å². The zero-order valence-corrected chi connectivity index (χ0v) is 11.7. The molecule has 1 aromatic carbocycles. The molecular weight excluding hydrogens is 291 g/mol. The van der Waals surface area contributed by atoms with Crippen LogP contribution < -0.4 is 5.32 Å². The van der Waals surface area contributed by atoms with E-state index >= 15 is 0 Å². The fourth-order valence-corrected chi connectivity index (χ4v) is 1.90. The van der Waals surface area contributed by atoms with Crippen LogP contribution in [0.4, 0.5) is 5.69 Å². The van der Waals surface area contributed by atoms with E-state index in [1.54, 1.807) is 0 Å². The van der Waals surface area contributed by atoms with Crippen LogP contribution in [0.2, 0.25) is 5.02 Å². The first-order valence-corrected chi connectivity index (χ1v) is 6.75. The molecule has 5 nitrogen and oxygen atoms in total. The number of nitro groups is 1. The number of halogens is 2. The van der Waals surface area contributed by atoms with Crippen molar-refractivity contribution in [2.24, 2.45) is 0 Å². The maximum absolute atomic E-state index is 11.9. The molecule has 0 radical (unpaired) electrons. The lowest BCUT2D eigenvalue weighted by Crippen LogP contribution is -2.25. The highest BCUT2D eigenvalue weighted by molar-refractivity contribution is 6.31. The zero-order chi connectivity index (χ0) is 14.3. The molecule has 0 aliphatic carbocycles. The molecule has 0 unspecified atom stereocenters. The molecule has 0 saturated carbocycles. The Hall–Kier alpha value is -1.33. The van der Waals surface area contributed by atoms with Crippen molar-refractivity contribution in [3.63, 3.8) is 0 Å². The number of unbranched alkanes of at least 4 members (excludes halogenated alkanes) is 2. The van der Waals surface area contributed by atoms with E-state index in [1.165, 1.54) is 18.2 Å². The van der Waals surface area contributed by atoms with Crippen LogP contribution in [0.15, 0.2) is 18.2 Å². The normalized spacial score (nSPS) is 10.2. The molecule has 0 saturated heterocycles. The lowest BCUT2D eigenvalue weighted by molar-refractivity contribution is -0.385. The second-order valence-electron chi connectivity index (χ2n) is 3.92. The van der Waals surface area contributed by atoms with Crippen LogP contribution in [0, 0.1) is 10.1 Å². The van der Waals surface area contributed by atoms with Crippen LogP contribution in [0.3, 0.4) is 0 Å². The number of nitrogens with zero attached hydrogens (tertiary/aromatic N) is 1. The van der Waals surface area contributed by atoms with Crippen molar-refractivity contribution >= 4 is 34.8 Å². The summed E-state index contributed by atoms with van der Waals surface area (Å²) in [5.74, 6) is 0.105. The molecule has 19 heavy (non-hydrogen) atoms. The highest BCUT2D eigenvalue weighted by atomic mass is 35.5. The van der Waals surface area contributed by atoms with Gasteiger partial charge in [-0.2, -0.15) is 0 Å². The number of rotatable bonds is 7. The highest BCUT2D eigenvalue weighted by Gasteiger charge is 2.19. The van der Waals surface area contributed by atoms with Gasteiger partial charge in [0.1, 0.15) is 5.56 Å². The van der Waals surface area contributed by atoms with Gasteiger partial charge in [-0.25, -0.2) is 0 Å². The quantitative estimate of drug-likeness (QED) is 0.363. The molecule has 0 fully saturated rings. The lowest BCUT2D eigenvalue weighted by atomic mass is 10.1. The number of hydrogen-bond acceptors (Lipinski definition) is 3. The number of amides is 1. The van der Waals surface area contributed by atoms with Gasteiger partial charge in [0, 0.05) is 23.5 Å². The monoisotopic (exact) mass is 304 g/mol. The lowest BCUT2D eigenvalue weighted by Gasteiger charge is -2.06. The number of nitrogens with one attached hydrogen (secondary N) is 1. The van der Waals surface area contributed by atoms with Crippen LogP contribution in [0.1, 0.15) is 29.6 Å². The standard InChI is InChI=1S/C12H14Cl2N2O3/c13-6-2-1-3-7-15-12(17)10-8-9(14)4-5-11(10)16(18)19/h4-5,8H,1-3,6-7H2,(H,15,17). The van der Waals surface area contributed by atoms with Crippen molar-refractivity contribution in [1.29, 1.82) is 0 Å². The average Bonchev–Trinajstić information content (AvgIpc) is 2.37. The summed E-state index contributed by atoms with van der Waals surface area (Å²) in [6.07, 6.45) is 2.57. The van der Waals surface area contributed by atoms with Gasteiger partial charge in [0.05, 0.1) is 4.92 Å². The summed E-state index contributed by atoms with van der Waals surface area (Å²) in [4.78, 5) is 22.1. The third kappa shape index (κ3) is 5.04. The number of carbonyl (C=O) groups excluding carboxylic acids is 1. The van der Waals surface area contributed by atoms with Crippen molar-refractivity contribution in [1.82, 2.24) is 5.32 Å². The van der Waals surface area contributed by atoms with Crippen LogP contribution >= 0.6 is 23.2 Å². The minimum absolute atomic E-state index is 0.0187. The second-order valence-corrected chi connectivity index (χ2v) is 4.74. The van der Waals surface area contributed by atoms with Crippen molar-refractivity contribution in [3.8, 4) is 0 Å². The Morgan fingerprint density at radius 1 is 1.32 bits per heavy atom. The van der Waals surface area contributed by atoms with Crippen LogP contribution in [-0.4, -0.2) is 23.3 Å². The number of carbonyl (C=O) groups is 1. The van der Waals surface area contributed by atoms with Crippen molar-refractivity contribution < 1.29 is 9.72 Å². The molecule has 0 aliphatic rings. The van der Waals surface area contributed by atoms with E-state index in [4.69, 9.17) is 23.2 Å². The molecule has 0 aromatic heterocycles. The van der Waals surface area contributed by atoms with Crippen molar-refractivity contribution in [3.05, 3.63) is 38.9 Å². The molecule has 0 aliphatic heterocycles. The Bertz CT molecular complexity index is 466. The zero-order valence-electron chi connectivity index (χ0n) is 10.2. The number of benzene rings is 1. The topological polar surface area (TPSA) is 72.2 Å². The molecule has 0 heterocycles. The fourth-order valence-electron chi connectivity index (χ4n) is 1.54. The third-order valence-corrected chi connectivity index (χ3v) is 3.00. The number of hydrogen-bond donors (Lipinski definition) is 1. The molecule has 1 rings (SSSR count). The Morgan fingerprint density at radius 3 is 2.68 bits per heavy atom. The van der Waals surface area contributed by atoms with Crippen LogP contribution in [0.25, 0.3) is 0 Å². The summed E-state index contributed by atoms with van der Waals surface area (Å²) < 4.78 is 0. The van der Waals surface area contributed by atoms with Gasteiger partial charge in [0.2, 0.25) is 0 Å². The van der Waals surface area contributed by atoms with Crippen LogP contribution in [-0.2, 0) is 0 Å².